The summed E-state index contributed by atoms with van der Waals surface area (Å²) >= 11 is 0. The largest absolute Gasteiger partial charge is 0.338 e. The molecule has 3 aliphatic rings. The third-order valence-corrected chi connectivity index (χ3v) is 8.10. The highest BCUT2D eigenvalue weighted by Gasteiger charge is 2.54. The fraction of sp³-hybridized carbons (Fsp3) is 0.500. The summed E-state index contributed by atoms with van der Waals surface area (Å²) < 4.78 is 26.6. The molecule has 1 aromatic rings. The molecule has 2 aliphatic heterocycles. The summed E-state index contributed by atoms with van der Waals surface area (Å²) in [5.74, 6) is -0.673. The summed E-state index contributed by atoms with van der Waals surface area (Å²) in [5.41, 5.74) is -0.0731. The van der Waals surface area contributed by atoms with Crippen molar-refractivity contribution in [3.8, 4) is 0 Å². The maximum atomic E-state index is 13.0. The van der Waals surface area contributed by atoms with Crippen LogP contribution in [0.4, 0.5) is 4.79 Å². The minimum atomic E-state index is -3.61. The predicted octanol–water partition coefficient (Wildman–Crippen LogP) is 1.38. The monoisotopic (exact) mass is 460 g/mol. The first-order chi connectivity index (χ1) is 15.2. The van der Waals surface area contributed by atoms with Crippen LogP contribution in [0.1, 0.15) is 38.2 Å². The van der Waals surface area contributed by atoms with E-state index in [0.29, 0.717) is 12.8 Å². The molecule has 1 unspecified atom stereocenters. The van der Waals surface area contributed by atoms with Gasteiger partial charge in [0.15, 0.2) is 0 Å². The standard InChI is InChI=1S/C22H28N4O5S/c1-17(26-20(28)22(23-21(26)29)10-5-6-11-22)19(27)24-12-14-25(15-13-24)32(30,31)16-9-18-7-3-2-4-8-18/h2-4,7-9,16-17H,5-6,10-15H2,1H3,(H,23,29)/b16-9+. The zero-order chi connectivity index (χ0) is 22.9. The van der Waals surface area contributed by atoms with Crippen molar-refractivity contribution in [2.24, 2.45) is 0 Å². The van der Waals surface area contributed by atoms with Crippen molar-refractivity contribution in [1.82, 2.24) is 19.4 Å². The van der Waals surface area contributed by atoms with Crippen LogP contribution in [0, 0.1) is 0 Å². The second-order valence-corrected chi connectivity index (χ2v) is 10.4. The Balaban J connectivity index is 1.36. The minimum absolute atomic E-state index is 0.157. The Labute approximate surface area is 188 Å². The Morgan fingerprint density at radius 1 is 1.06 bits per heavy atom. The van der Waals surface area contributed by atoms with Crippen LogP contribution in [0.3, 0.4) is 0 Å². The summed E-state index contributed by atoms with van der Waals surface area (Å²) in [6.45, 7) is 2.28. The Morgan fingerprint density at radius 2 is 1.69 bits per heavy atom. The lowest BCUT2D eigenvalue weighted by Crippen LogP contribution is -2.56. The topological polar surface area (TPSA) is 107 Å². The lowest BCUT2D eigenvalue weighted by molar-refractivity contribution is -0.143. The molecule has 2 saturated heterocycles. The number of carbonyl (C=O) groups is 3. The van der Waals surface area contributed by atoms with E-state index in [2.05, 4.69) is 5.32 Å². The molecule has 3 fully saturated rings. The summed E-state index contributed by atoms with van der Waals surface area (Å²) in [6, 6.07) is 7.70. The molecule has 4 rings (SSSR count). The molecule has 4 amide bonds. The van der Waals surface area contributed by atoms with Crippen LogP contribution >= 0.6 is 0 Å². The fourth-order valence-electron chi connectivity index (χ4n) is 4.66. The third-order valence-electron chi connectivity index (χ3n) is 6.54. The SMILES string of the molecule is CC(C(=O)N1CCN(S(=O)(=O)/C=C/c2ccccc2)CC1)N1C(=O)NC2(CCCC2)C1=O. The minimum Gasteiger partial charge on any atom is -0.338 e. The maximum Gasteiger partial charge on any atom is 0.325 e. The van der Waals surface area contributed by atoms with E-state index in [0.717, 1.165) is 23.3 Å². The van der Waals surface area contributed by atoms with Crippen LogP contribution in [-0.4, -0.2) is 78.1 Å². The molecule has 172 valence electrons. The average Bonchev–Trinajstić information content (AvgIpc) is 3.36. The normalized spacial score (nSPS) is 22.7. The van der Waals surface area contributed by atoms with E-state index in [-0.39, 0.29) is 38.0 Å². The van der Waals surface area contributed by atoms with E-state index in [9.17, 15) is 22.8 Å². The second kappa shape index (κ2) is 8.67. The highest BCUT2D eigenvalue weighted by atomic mass is 32.2. The fourth-order valence-corrected chi connectivity index (χ4v) is 5.84. The molecule has 9 nitrogen and oxygen atoms in total. The van der Waals surface area contributed by atoms with E-state index in [4.69, 9.17) is 0 Å². The van der Waals surface area contributed by atoms with Gasteiger partial charge in [0.05, 0.1) is 0 Å². The lowest BCUT2D eigenvalue weighted by Gasteiger charge is -2.36. The molecule has 1 spiro atoms. The number of piperazine rings is 1. The number of nitrogens with one attached hydrogen (secondary N) is 1. The molecule has 0 bridgehead atoms. The van der Waals surface area contributed by atoms with E-state index in [1.165, 1.54) is 14.6 Å². The number of carbonyl (C=O) groups excluding carboxylic acids is 3. The van der Waals surface area contributed by atoms with Crippen molar-refractivity contribution >= 4 is 33.9 Å². The summed E-state index contributed by atoms with van der Waals surface area (Å²) in [7, 11) is -3.61. The van der Waals surface area contributed by atoms with E-state index in [1.807, 2.05) is 30.3 Å². The van der Waals surface area contributed by atoms with Crippen LogP contribution in [0.2, 0.25) is 0 Å². The predicted molar refractivity (Wildman–Crippen MR) is 119 cm³/mol. The Kier molecular flexibility index (Phi) is 6.09. The molecule has 1 N–H and O–H groups in total. The highest BCUT2D eigenvalue weighted by Crippen LogP contribution is 2.36. The molecule has 1 atom stereocenters. The molecular weight excluding hydrogens is 432 g/mol. The van der Waals surface area contributed by atoms with Crippen molar-refractivity contribution in [2.75, 3.05) is 26.2 Å². The quantitative estimate of drug-likeness (QED) is 0.668. The van der Waals surface area contributed by atoms with Gasteiger partial charge < -0.3 is 10.2 Å². The summed E-state index contributed by atoms with van der Waals surface area (Å²) in [4.78, 5) is 41.0. The zero-order valence-electron chi connectivity index (χ0n) is 18.1. The number of rotatable bonds is 5. The van der Waals surface area contributed by atoms with E-state index in [1.54, 1.807) is 13.0 Å². The Hall–Kier alpha value is -2.72. The van der Waals surface area contributed by atoms with Crippen molar-refractivity contribution in [3.05, 3.63) is 41.3 Å². The molecule has 2 heterocycles. The van der Waals surface area contributed by atoms with Crippen LogP contribution < -0.4 is 5.32 Å². The highest BCUT2D eigenvalue weighted by molar-refractivity contribution is 7.92. The first kappa shape index (κ1) is 22.5. The van der Waals surface area contributed by atoms with Gasteiger partial charge >= 0.3 is 6.03 Å². The molecular formula is C22H28N4O5S. The van der Waals surface area contributed by atoms with Crippen LogP contribution in [-0.2, 0) is 19.6 Å². The van der Waals surface area contributed by atoms with E-state index < -0.39 is 27.6 Å². The Bertz CT molecular complexity index is 1030. The van der Waals surface area contributed by atoms with Gasteiger partial charge in [0.25, 0.3) is 5.91 Å². The van der Waals surface area contributed by atoms with Crippen molar-refractivity contribution in [3.63, 3.8) is 0 Å². The average molecular weight is 461 g/mol. The number of imide groups is 1. The summed E-state index contributed by atoms with van der Waals surface area (Å²) in [5, 5.41) is 3.97. The zero-order valence-corrected chi connectivity index (χ0v) is 18.9. The van der Waals surface area contributed by atoms with E-state index >= 15 is 0 Å². The lowest BCUT2D eigenvalue weighted by atomic mass is 9.97. The smallest absolute Gasteiger partial charge is 0.325 e. The number of amides is 4. The van der Waals surface area contributed by atoms with Gasteiger partial charge in [-0.05, 0) is 31.4 Å². The van der Waals surface area contributed by atoms with Crippen molar-refractivity contribution in [1.29, 1.82) is 0 Å². The first-order valence-corrected chi connectivity index (χ1v) is 12.4. The van der Waals surface area contributed by atoms with Crippen LogP contribution in [0.5, 0.6) is 0 Å². The van der Waals surface area contributed by atoms with Crippen LogP contribution in [0.25, 0.3) is 6.08 Å². The number of sulfonamides is 1. The summed E-state index contributed by atoms with van der Waals surface area (Å²) in [6.07, 6.45) is 4.49. The van der Waals surface area contributed by atoms with Crippen molar-refractivity contribution < 1.29 is 22.8 Å². The van der Waals surface area contributed by atoms with Gasteiger partial charge in [-0.1, -0.05) is 43.2 Å². The second-order valence-electron chi connectivity index (χ2n) is 8.55. The van der Waals surface area contributed by atoms with Crippen molar-refractivity contribution in [2.45, 2.75) is 44.2 Å². The molecule has 1 saturated carbocycles. The molecule has 1 aliphatic carbocycles. The molecule has 1 aromatic carbocycles. The number of nitrogens with zero attached hydrogens (tertiary/aromatic N) is 3. The molecule has 32 heavy (non-hydrogen) atoms. The molecule has 0 aromatic heterocycles. The van der Waals surface area contributed by atoms with Gasteiger partial charge in [0, 0.05) is 31.6 Å². The third kappa shape index (κ3) is 4.16. The van der Waals surface area contributed by atoms with Crippen LogP contribution in [0.15, 0.2) is 35.7 Å². The molecule has 0 radical (unpaired) electrons. The maximum absolute atomic E-state index is 13.0. The van der Waals surface area contributed by atoms with Gasteiger partial charge in [-0.3, -0.25) is 9.59 Å². The number of hydrogen-bond acceptors (Lipinski definition) is 5. The van der Waals surface area contributed by atoms with Gasteiger partial charge in [0.1, 0.15) is 11.6 Å². The van der Waals surface area contributed by atoms with Gasteiger partial charge in [-0.25, -0.2) is 18.1 Å². The molecule has 10 heteroatoms. The first-order valence-electron chi connectivity index (χ1n) is 10.9. The van der Waals surface area contributed by atoms with Gasteiger partial charge in [0.2, 0.25) is 15.9 Å². The number of benzene rings is 1. The van der Waals surface area contributed by atoms with Gasteiger partial charge in [-0.15, -0.1) is 0 Å². The number of urea groups is 1. The van der Waals surface area contributed by atoms with Gasteiger partial charge in [-0.2, -0.15) is 4.31 Å². The number of hydrogen-bond donors (Lipinski definition) is 1. The Morgan fingerprint density at radius 3 is 2.31 bits per heavy atom.